The lowest BCUT2D eigenvalue weighted by atomic mass is 10.1. The first-order chi connectivity index (χ1) is 10.1. The number of pyridine rings is 1. The van der Waals surface area contributed by atoms with Crippen molar-refractivity contribution in [2.75, 3.05) is 6.61 Å². The van der Waals surface area contributed by atoms with E-state index >= 15 is 0 Å². The van der Waals surface area contributed by atoms with Crippen LogP contribution < -0.4 is 11.1 Å². The molecule has 0 aliphatic carbocycles. The molecule has 0 aliphatic heterocycles. The van der Waals surface area contributed by atoms with Gasteiger partial charge in [0.1, 0.15) is 11.1 Å². The first-order valence-corrected chi connectivity index (χ1v) is 6.37. The second kappa shape index (κ2) is 4.90. The van der Waals surface area contributed by atoms with Gasteiger partial charge < -0.3 is 14.1 Å². The minimum absolute atomic E-state index is 0.0805. The Balaban J connectivity index is 2.40. The van der Waals surface area contributed by atoms with Crippen LogP contribution in [0.3, 0.4) is 0 Å². The number of ether oxygens (including phenoxy) is 1. The van der Waals surface area contributed by atoms with Crippen molar-refractivity contribution < 1.29 is 13.9 Å². The Labute approximate surface area is 118 Å². The normalized spacial score (nSPS) is 10.9. The van der Waals surface area contributed by atoms with Crippen LogP contribution >= 0.6 is 0 Å². The van der Waals surface area contributed by atoms with Crippen molar-refractivity contribution in [1.82, 2.24) is 4.98 Å². The van der Waals surface area contributed by atoms with E-state index < -0.39 is 17.0 Å². The fourth-order valence-electron chi connectivity index (χ4n) is 2.22. The van der Waals surface area contributed by atoms with E-state index in [4.69, 9.17) is 9.15 Å². The largest absolute Gasteiger partial charge is 0.462 e. The van der Waals surface area contributed by atoms with Crippen LogP contribution in [0.15, 0.2) is 44.5 Å². The Hall–Kier alpha value is -2.89. The highest BCUT2D eigenvalue weighted by Gasteiger charge is 2.16. The van der Waals surface area contributed by atoms with Gasteiger partial charge in [-0.2, -0.15) is 0 Å². The van der Waals surface area contributed by atoms with E-state index in [0.717, 1.165) is 0 Å². The van der Waals surface area contributed by atoms with Gasteiger partial charge in [0.2, 0.25) is 5.43 Å². The monoisotopic (exact) mass is 285 g/mol. The van der Waals surface area contributed by atoms with Gasteiger partial charge in [-0.3, -0.25) is 4.79 Å². The van der Waals surface area contributed by atoms with E-state index in [2.05, 4.69) is 4.98 Å². The molecule has 0 bridgehead atoms. The second-order valence-corrected chi connectivity index (χ2v) is 4.41. The third-order valence-corrected chi connectivity index (χ3v) is 3.14. The number of H-pyrrole nitrogens is 1. The lowest BCUT2D eigenvalue weighted by Gasteiger charge is -2.05. The quantitative estimate of drug-likeness (QED) is 0.440. The molecule has 0 saturated heterocycles. The fraction of sp³-hybridized carbons (Fsp3) is 0.133. The van der Waals surface area contributed by atoms with Crippen LogP contribution in [0, 0.1) is 0 Å². The molecule has 6 nitrogen and oxygen atoms in total. The summed E-state index contributed by atoms with van der Waals surface area (Å²) in [5.74, 6) is -0.685. The van der Waals surface area contributed by atoms with Crippen LogP contribution in [-0.4, -0.2) is 17.6 Å². The van der Waals surface area contributed by atoms with E-state index in [1.54, 1.807) is 19.1 Å². The van der Waals surface area contributed by atoms with Crippen LogP contribution in [0.25, 0.3) is 21.9 Å². The molecule has 1 aromatic carbocycles. The highest BCUT2D eigenvalue weighted by molar-refractivity contribution is 6.06. The second-order valence-electron chi connectivity index (χ2n) is 4.41. The summed E-state index contributed by atoms with van der Waals surface area (Å²) in [6, 6.07) is 5.96. The van der Waals surface area contributed by atoms with Crippen LogP contribution in [-0.2, 0) is 4.74 Å². The maximum Gasteiger partial charge on any atom is 0.343 e. The van der Waals surface area contributed by atoms with Crippen molar-refractivity contribution in [1.29, 1.82) is 0 Å². The zero-order valence-corrected chi connectivity index (χ0v) is 11.1. The zero-order chi connectivity index (χ0) is 15.0. The summed E-state index contributed by atoms with van der Waals surface area (Å²) in [5.41, 5.74) is -0.194. The standard InChI is InChI=1S/C15H11NO5/c1-2-20-15(19)9-7-16-10-4-5-11-8(13(10)14(9)18)3-6-12(17)21-11/h3-7H,2H2,1H3,(H,16,18). The predicted molar refractivity (Wildman–Crippen MR) is 76.6 cm³/mol. The fourth-order valence-corrected chi connectivity index (χ4v) is 2.22. The average Bonchev–Trinajstić information content (AvgIpc) is 2.47. The van der Waals surface area contributed by atoms with Gasteiger partial charge in [-0.15, -0.1) is 0 Å². The molecule has 3 rings (SSSR count). The predicted octanol–water partition coefficient (Wildman–Crippen LogP) is 1.81. The number of carbonyl (C=O) groups excluding carboxylic acids is 1. The number of benzene rings is 1. The molecular weight excluding hydrogens is 274 g/mol. The molecule has 2 heterocycles. The van der Waals surface area contributed by atoms with E-state index in [9.17, 15) is 14.4 Å². The number of rotatable bonds is 2. The molecule has 0 radical (unpaired) electrons. The highest BCUT2D eigenvalue weighted by atomic mass is 16.5. The number of nitrogens with one attached hydrogen (secondary N) is 1. The molecule has 1 N–H and O–H groups in total. The topological polar surface area (TPSA) is 89.4 Å². The smallest absolute Gasteiger partial charge is 0.343 e. The third kappa shape index (κ3) is 2.10. The molecule has 0 atom stereocenters. The molecule has 0 amide bonds. The first kappa shape index (κ1) is 13.1. The summed E-state index contributed by atoms with van der Waals surface area (Å²) in [7, 11) is 0. The van der Waals surface area contributed by atoms with Gasteiger partial charge >= 0.3 is 11.6 Å². The van der Waals surface area contributed by atoms with Crippen LogP contribution in [0.5, 0.6) is 0 Å². The number of hydrogen-bond acceptors (Lipinski definition) is 5. The van der Waals surface area contributed by atoms with Gasteiger partial charge in [0, 0.05) is 17.6 Å². The van der Waals surface area contributed by atoms with Crippen molar-refractivity contribution in [3.63, 3.8) is 0 Å². The zero-order valence-electron chi connectivity index (χ0n) is 11.1. The molecule has 2 aromatic heterocycles. The summed E-state index contributed by atoms with van der Waals surface area (Å²) in [5, 5.41) is 0.765. The van der Waals surface area contributed by atoms with Crippen molar-refractivity contribution in [3.05, 3.63) is 56.7 Å². The van der Waals surface area contributed by atoms with Crippen molar-refractivity contribution in [3.8, 4) is 0 Å². The Morgan fingerprint density at radius 1 is 1.24 bits per heavy atom. The van der Waals surface area contributed by atoms with E-state index in [0.29, 0.717) is 21.9 Å². The SMILES string of the molecule is CCOC(=O)c1c[nH]c2ccc3oc(=O)ccc3c2c1=O. The summed E-state index contributed by atoms with van der Waals surface area (Å²) in [6.07, 6.45) is 1.33. The Kier molecular flexibility index (Phi) is 3.06. The average molecular weight is 285 g/mol. The molecule has 21 heavy (non-hydrogen) atoms. The summed E-state index contributed by atoms with van der Waals surface area (Å²) in [4.78, 5) is 38.4. The summed E-state index contributed by atoms with van der Waals surface area (Å²) >= 11 is 0. The van der Waals surface area contributed by atoms with Gasteiger partial charge in [0.25, 0.3) is 0 Å². The highest BCUT2D eigenvalue weighted by Crippen LogP contribution is 2.20. The summed E-state index contributed by atoms with van der Waals surface area (Å²) < 4.78 is 9.90. The molecule has 3 aromatic rings. The minimum atomic E-state index is -0.685. The molecule has 6 heteroatoms. The molecule has 106 valence electrons. The number of carbonyl (C=O) groups is 1. The Morgan fingerprint density at radius 2 is 2.05 bits per heavy atom. The van der Waals surface area contributed by atoms with Crippen molar-refractivity contribution in [2.45, 2.75) is 6.92 Å². The van der Waals surface area contributed by atoms with Crippen molar-refractivity contribution in [2.24, 2.45) is 0 Å². The van der Waals surface area contributed by atoms with E-state index in [1.807, 2.05) is 0 Å². The number of esters is 1. The third-order valence-electron chi connectivity index (χ3n) is 3.14. The lowest BCUT2D eigenvalue weighted by molar-refractivity contribution is 0.0524. The van der Waals surface area contributed by atoms with Crippen LogP contribution in [0.1, 0.15) is 17.3 Å². The number of hydrogen-bond donors (Lipinski definition) is 1. The van der Waals surface area contributed by atoms with E-state index in [-0.39, 0.29) is 12.2 Å². The first-order valence-electron chi connectivity index (χ1n) is 6.37. The molecule has 0 saturated carbocycles. The summed E-state index contributed by atoms with van der Waals surface area (Å²) in [6.45, 7) is 1.85. The number of aromatic nitrogens is 1. The maximum absolute atomic E-state index is 12.5. The number of aromatic amines is 1. The van der Waals surface area contributed by atoms with Gasteiger partial charge in [-0.1, -0.05) is 0 Å². The maximum atomic E-state index is 12.5. The lowest BCUT2D eigenvalue weighted by Crippen LogP contribution is -2.18. The van der Waals surface area contributed by atoms with E-state index in [1.165, 1.54) is 18.3 Å². The van der Waals surface area contributed by atoms with Crippen LogP contribution in [0.2, 0.25) is 0 Å². The molecule has 0 unspecified atom stereocenters. The minimum Gasteiger partial charge on any atom is -0.462 e. The molecule has 0 aliphatic rings. The molecule has 0 spiro atoms. The van der Waals surface area contributed by atoms with Crippen molar-refractivity contribution >= 4 is 27.8 Å². The Bertz CT molecular complexity index is 967. The van der Waals surface area contributed by atoms with Gasteiger partial charge in [0.05, 0.1) is 17.5 Å². The molecule has 0 fully saturated rings. The van der Waals surface area contributed by atoms with Gasteiger partial charge in [0.15, 0.2) is 0 Å². The van der Waals surface area contributed by atoms with Gasteiger partial charge in [-0.25, -0.2) is 9.59 Å². The van der Waals surface area contributed by atoms with Gasteiger partial charge in [-0.05, 0) is 25.1 Å². The molecular formula is C15H11NO5. The van der Waals surface area contributed by atoms with Crippen LogP contribution in [0.4, 0.5) is 0 Å². The Morgan fingerprint density at radius 3 is 2.81 bits per heavy atom. The number of fused-ring (bicyclic) bond motifs is 3.